The highest BCUT2D eigenvalue weighted by Crippen LogP contribution is 2.45. The third-order valence-corrected chi connectivity index (χ3v) is 6.23. The third kappa shape index (κ3) is 3.80. The fourth-order valence-electron chi connectivity index (χ4n) is 3.43. The highest BCUT2D eigenvalue weighted by molar-refractivity contribution is 7.87. The van der Waals surface area contributed by atoms with E-state index in [0.29, 0.717) is 16.7 Å². The van der Waals surface area contributed by atoms with Crippen LogP contribution in [0.25, 0.3) is 22.3 Å². The van der Waals surface area contributed by atoms with E-state index in [1.54, 1.807) is 25.1 Å². The molecule has 0 spiro atoms. The van der Waals surface area contributed by atoms with Crippen LogP contribution in [-0.2, 0) is 10.1 Å². The number of phenols is 1. The first-order valence-corrected chi connectivity index (χ1v) is 10.8. The molecule has 0 radical (unpaired) electrons. The molecule has 30 heavy (non-hydrogen) atoms. The molecule has 4 nitrogen and oxygen atoms in total. The molecule has 0 aromatic heterocycles. The minimum absolute atomic E-state index is 0.0423. The summed E-state index contributed by atoms with van der Waals surface area (Å²) in [6.07, 6.45) is 0. The number of benzene rings is 4. The van der Waals surface area contributed by atoms with E-state index >= 15 is 0 Å². The molecule has 0 aliphatic heterocycles. The molecule has 0 saturated heterocycles. The van der Waals surface area contributed by atoms with Crippen LogP contribution in [0.1, 0.15) is 5.56 Å². The van der Waals surface area contributed by atoms with Gasteiger partial charge < -0.3 is 9.29 Å². The molecule has 0 atom stereocenters. The van der Waals surface area contributed by atoms with E-state index in [9.17, 15) is 13.5 Å². The maximum Gasteiger partial charge on any atom is 0.339 e. The predicted octanol–water partition coefficient (Wildman–Crippen LogP) is 5.80. The molecular weight excluding hydrogens is 396 g/mol. The average Bonchev–Trinajstić information content (AvgIpc) is 2.76. The molecule has 0 fully saturated rings. The first-order valence-electron chi connectivity index (χ1n) is 9.44. The van der Waals surface area contributed by atoms with Gasteiger partial charge in [0.1, 0.15) is 10.6 Å². The second-order valence-electron chi connectivity index (χ2n) is 6.87. The Hall–Kier alpha value is -3.57. The average molecular weight is 416 g/mol. The van der Waals surface area contributed by atoms with Gasteiger partial charge in [-0.15, -0.1) is 0 Å². The topological polar surface area (TPSA) is 63.6 Å². The standard InChI is InChI=1S/C25H20O4S/c1-18-10-8-9-15-23(18)30(27,28)29-22-17-16-21(26)24(19-11-4-2-5-12-19)25(22)20-13-6-3-7-14-20/h2-17,26H,1H3. The lowest BCUT2D eigenvalue weighted by molar-refractivity contribution is 0.471. The smallest absolute Gasteiger partial charge is 0.339 e. The van der Waals surface area contributed by atoms with E-state index in [4.69, 9.17) is 4.18 Å². The van der Waals surface area contributed by atoms with Gasteiger partial charge in [-0.1, -0.05) is 78.9 Å². The molecule has 4 rings (SSSR count). The van der Waals surface area contributed by atoms with Crippen LogP contribution in [0, 0.1) is 6.92 Å². The van der Waals surface area contributed by atoms with Gasteiger partial charge in [0.25, 0.3) is 0 Å². The summed E-state index contributed by atoms with van der Waals surface area (Å²) in [4.78, 5) is 0.110. The third-order valence-electron chi connectivity index (χ3n) is 4.83. The number of aromatic hydroxyl groups is 1. The van der Waals surface area contributed by atoms with E-state index in [1.807, 2.05) is 60.7 Å². The fraction of sp³-hybridized carbons (Fsp3) is 0.0400. The van der Waals surface area contributed by atoms with Crippen molar-refractivity contribution in [1.82, 2.24) is 0 Å². The van der Waals surface area contributed by atoms with Crippen LogP contribution in [0.15, 0.2) is 102 Å². The Balaban J connectivity index is 1.94. The molecule has 4 aromatic carbocycles. The molecule has 5 heteroatoms. The highest BCUT2D eigenvalue weighted by atomic mass is 32.2. The molecule has 0 heterocycles. The van der Waals surface area contributed by atoms with Crippen molar-refractivity contribution in [3.05, 3.63) is 103 Å². The summed E-state index contributed by atoms with van der Waals surface area (Å²) < 4.78 is 31.7. The maximum atomic E-state index is 13.1. The summed E-state index contributed by atoms with van der Waals surface area (Å²) in [5.41, 5.74) is 3.12. The Morgan fingerprint density at radius 3 is 1.80 bits per heavy atom. The number of hydrogen-bond donors (Lipinski definition) is 1. The Bertz CT molecular complexity index is 1280. The van der Waals surface area contributed by atoms with E-state index < -0.39 is 10.1 Å². The molecule has 1 N–H and O–H groups in total. The van der Waals surface area contributed by atoms with Crippen molar-refractivity contribution in [2.24, 2.45) is 0 Å². The van der Waals surface area contributed by atoms with E-state index in [1.165, 1.54) is 18.2 Å². The van der Waals surface area contributed by atoms with E-state index in [0.717, 1.165) is 11.1 Å². The van der Waals surface area contributed by atoms with Gasteiger partial charge in [-0.2, -0.15) is 8.42 Å². The summed E-state index contributed by atoms with van der Waals surface area (Å²) in [7, 11) is -4.07. The number of hydrogen-bond acceptors (Lipinski definition) is 4. The number of phenolic OH excluding ortho intramolecular Hbond substituents is 1. The Morgan fingerprint density at radius 2 is 1.20 bits per heavy atom. The number of rotatable bonds is 5. The minimum Gasteiger partial charge on any atom is -0.507 e. The Labute approximate surface area is 176 Å². The van der Waals surface area contributed by atoms with Crippen molar-refractivity contribution in [3.63, 3.8) is 0 Å². The second-order valence-corrected chi connectivity index (χ2v) is 8.38. The van der Waals surface area contributed by atoms with Crippen molar-refractivity contribution in [2.75, 3.05) is 0 Å². The molecule has 0 aliphatic carbocycles. The quantitative estimate of drug-likeness (QED) is 0.418. The summed E-state index contributed by atoms with van der Waals surface area (Å²) in [5, 5.41) is 10.7. The van der Waals surface area contributed by atoms with Gasteiger partial charge in [0.15, 0.2) is 5.75 Å². The Kier molecular flexibility index (Phi) is 5.29. The lowest BCUT2D eigenvalue weighted by atomic mass is 9.93. The van der Waals surface area contributed by atoms with Crippen LogP contribution in [0.4, 0.5) is 0 Å². The molecule has 4 aromatic rings. The van der Waals surface area contributed by atoms with Gasteiger partial charge >= 0.3 is 10.1 Å². The van der Waals surface area contributed by atoms with Gasteiger partial charge in [-0.05, 0) is 41.8 Å². The summed E-state index contributed by atoms with van der Waals surface area (Å²) in [6.45, 7) is 1.72. The molecule has 0 saturated carbocycles. The van der Waals surface area contributed by atoms with Crippen LogP contribution < -0.4 is 4.18 Å². The molecular formula is C25H20O4S. The first-order chi connectivity index (χ1) is 14.5. The van der Waals surface area contributed by atoms with Crippen LogP contribution in [0.3, 0.4) is 0 Å². The SMILES string of the molecule is Cc1ccccc1S(=O)(=O)Oc1ccc(O)c(-c2ccccc2)c1-c1ccccc1. The second kappa shape index (κ2) is 8.05. The zero-order valence-electron chi connectivity index (χ0n) is 16.3. The van der Waals surface area contributed by atoms with Crippen molar-refractivity contribution < 1.29 is 17.7 Å². The zero-order valence-corrected chi connectivity index (χ0v) is 17.1. The first kappa shape index (κ1) is 19.7. The summed E-state index contributed by atoms with van der Waals surface area (Å²) >= 11 is 0. The van der Waals surface area contributed by atoms with Crippen LogP contribution in [-0.4, -0.2) is 13.5 Å². The van der Waals surface area contributed by atoms with E-state index in [2.05, 4.69) is 0 Å². The van der Waals surface area contributed by atoms with Gasteiger partial charge in [0.05, 0.1) is 0 Å². The monoisotopic (exact) mass is 416 g/mol. The lowest BCUT2D eigenvalue weighted by Gasteiger charge is -2.18. The zero-order chi connectivity index (χ0) is 21.1. The van der Waals surface area contributed by atoms with Gasteiger partial charge in [0, 0.05) is 11.1 Å². The summed E-state index contributed by atoms with van der Waals surface area (Å²) in [6, 6.07) is 28.2. The number of aryl methyl sites for hydroxylation is 1. The van der Waals surface area contributed by atoms with Crippen LogP contribution >= 0.6 is 0 Å². The van der Waals surface area contributed by atoms with Gasteiger partial charge in [0.2, 0.25) is 0 Å². The normalized spacial score (nSPS) is 11.2. The van der Waals surface area contributed by atoms with Crippen molar-refractivity contribution in [3.8, 4) is 33.8 Å². The van der Waals surface area contributed by atoms with Crippen molar-refractivity contribution in [2.45, 2.75) is 11.8 Å². The lowest BCUT2D eigenvalue weighted by Crippen LogP contribution is -2.12. The Morgan fingerprint density at radius 1 is 0.667 bits per heavy atom. The molecule has 150 valence electrons. The molecule has 0 unspecified atom stereocenters. The van der Waals surface area contributed by atoms with E-state index in [-0.39, 0.29) is 16.4 Å². The predicted molar refractivity (Wildman–Crippen MR) is 118 cm³/mol. The van der Waals surface area contributed by atoms with Crippen molar-refractivity contribution in [1.29, 1.82) is 0 Å². The molecule has 0 amide bonds. The van der Waals surface area contributed by atoms with Crippen LogP contribution in [0.2, 0.25) is 0 Å². The molecule has 0 aliphatic rings. The van der Waals surface area contributed by atoms with Crippen LogP contribution in [0.5, 0.6) is 11.5 Å². The minimum atomic E-state index is -4.07. The molecule has 0 bridgehead atoms. The fourth-order valence-corrected chi connectivity index (χ4v) is 4.60. The summed E-state index contributed by atoms with van der Waals surface area (Å²) in [5.74, 6) is 0.196. The van der Waals surface area contributed by atoms with Crippen molar-refractivity contribution >= 4 is 10.1 Å². The largest absolute Gasteiger partial charge is 0.507 e. The van der Waals surface area contributed by atoms with Gasteiger partial charge in [-0.3, -0.25) is 0 Å². The highest BCUT2D eigenvalue weighted by Gasteiger charge is 2.24. The maximum absolute atomic E-state index is 13.1. The van der Waals surface area contributed by atoms with Gasteiger partial charge in [-0.25, -0.2) is 0 Å².